The van der Waals surface area contributed by atoms with Crippen LogP contribution in [0.1, 0.15) is 11.1 Å². The summed E-state index contributed by atoms with van der Waals surface area (Å²) in [5.74, 6) is 0. The molecule has 1 aromatic heterocycles. The Labute approximate surface area is 137 Å². The minimum atomic E-state index is 0.556. The van der Waals surface area contributed by atoms with Crippen LogP contribution < -0.4 is 0 Å². The molecule has 0 fully saturated rings. The van der Waals surface area contributed by atoms with Crippen molar-refractivity contribution < 1.29 is 0 Å². The summed E-state index contributed by atoms with van der Waals surface area (Å²) in [4.78, 5) is 4.56. The summed E-state index contributed by atoms with van der Waals surface area (Å²) < 4.78 is 0.962. The standard InChI is InChI=1S/C18H13BrClN/c19-16-12-15(11-13-7-3-1-4-8-13)18(20)21-17(16)14-9-5-2-6-10-14/h1-10,12H,11H2. The lowest BCUT2D eigenvalue weighted by Crippen LogP contribution is -1.95. The predicted octanol–water partition coefficient (Wildman–Crippen LogP) is 5.76. The van der Waals surface area contributed by atoms with Gasteiger partial charge in [0.2, 0.25) is 0 Å². The van der Waals surface area contributed by atoms with Crippen molar-refractivity contribution in [1.29, 1.82) is 0 Å². The van der Waals surface area contributed by atoms with Gasteiger partial charge in [-0.3, -0.25) is 0 Å². The fourth-order valence-corrected chi connectivity index (χ4v) is 3.04. The maximum atomic E-state index is 6.37. The number of halogens is 2. The van der Waals surface area contributed by atoms with Crippen LogP contribution >= 0.6 is 27.5 Å². The number of pyridine rings is 1. The molecule has 0 aliphatic carbocycles. The summed E-state index contributed by atoms with van der Waals surface area (Å²) in [5, 5.41) is 0.556. The van der Waals surface area contributed by atoms with Gasteiger partial charge in [0.05, 0.1) is 5.69 Å². The lowest BCUT2D eigenvalue weighted by Gasteiger charge is -2.09. The van der Waals surface area contributed by atoms with Crippen molar-refractivity contribution in [2.75, 3.05) is 0 Å². The van der Waals surface area contributed by atoms with Gasteiger partial charge >= 0.3 is 0 Å². The van der Waals surface area contributed by atoms with Crippen molar-refractivity contribution in [2.24, 2.45) is 0 Å². The Morgan fingerprint density at radius 1 is 0.905 bits per heavy atom. The third kappa shape index (κ3) is 3.34. The Morgan fingerprint density at radius 2 is 1.52 bits per heavy atom. The molecule has 104 valence electrons. The molecule has 0 saturated heterocycles. The molecule has 0 N–H and O–H groups in total. The summed E-state index contributed by atoms with van der Waals surface area (Å²) in [6.45, 7) is 0. The quantitative estimate of drug-likeness (QED) is 0.543. The summed E-state index contributed by atoms with van der Waals surface area (Å²) in [6.07, 6.45) is 0.778. The zero-order chi connectivity index (χ0) is 14.7. The molecule has 21 heavy (non-hydrogen) atoms. The largest absolute Gasteiger partial charge is 0.235 e. The van der Waals surface area contributed by atoms with Gasteiger partial charge in [-0.05, 0) is 33.1 Å². The van der Waals surface area contributed by atoms with Crippen LogP contribution in [-0.4, -0.2) is 4.98 Å². The topological polar surface area (TPSA) is 12.9 Å². The molecule has 3 heteroatoms. The Morgan fingerprint density at radius 3 is 2.19 bits per heavy atom. The smallest absolute Gasteiger partial charge is 0.133 e. The number of rotatable bonds is 3. The number of hydrogen-bond donors (Lipinski definition) is 0. The van der Waals surface area contributed by atoms with E-state index in [2.05, 4.69) is 39.1 Å². The second-order valence-electron chi connectivity index (χ2n) is 4.80. The molecule has 0 spiro atoms. The highest BCUT2D eigenvalue weighted by atomic mass is 79.9. The average Bonchev–Trinajstić information content (AvgIpc) is 2.52. The van der Waals surface area contributed by atoms with E-state index in [0.717, 1.165) is 27.7 Å². The zero-order valence-corrected chi connectivity index (χ0v) is 13.6. The van der Waals surface area contributed by atoms with E-state index < -0.39 is 0 Å². The molecular weight excluding hydrogens is 346 g/mol. The Bertz CT molecular complexity index is 742. The van der Waals surface area contributed by atoms with Crippen LogP contribution in [0.5, 0.6) is 0 Å². The molecule has 0 aliphatic rings. The van der Waals surface area contributed by atoms with Crippen molar-refractivity contribution in [3.05, 3.63) is 87.5 Å². The maximum Gasteiger partial charge on any atom is 0.133 e. The van der Waals surface area contributed by atoms with Crippen molar-refractivity contribution in [2.45, 2.75) is 6.42 Å². The van der Waals surface area contributed by atoms with Gasteiger partial charge < -0.3 is 0 Å². The third-order valence-electron chi connectivity index (χ3n) is 3.29. The van der Waals surface area contributed by atoms with Crippen LogP contribution in [0.25, 0.3) is 11.3 Å². The molecule has 0 amide bonds. The van der Waals surface area contributed by atoms with Gasteiger partial charge in [0.15, 0.2) is 0 Å². The molecule has 3 aromatic rings. The second-order valence-corrected chi connectivity index (χ2v) is 6.01. The summed E-state index contributed by atoms with van der Waals surface area (Å²) in [6, 6.07) is 22.4. The van der Waals surface area contributed by atoms with Gasteiger partial charge in [-0.25, -0.2) is 4.98 Å². The fourth-order valence-electron chi connectivity index (χ4n) is 2.24. The SMILES string of the molecule is Clc1nc(-c2ccccc2)c(Br)cc1Cc1ccccc1. The van der Waals surface area contributed by atoms with E-state index in [0.29, 0.717) is 5.15 Å². The minimum Gasteiger partial charge on any atom is -0.235 e. The average molecular weight is 359 g/mol. The van der Waals surface area contributed by atoms with E-state index in [-0.39, 0.29) is 0 Å². The maximum absolute atomic E-state index is 6.37. The molecule has 0 bridgehead atoms. The number of benzene rings is 2. The number of aromatic nitrogens is 1. The predicted molar refractivity (Wildman–Crippen MR) is 91.6 cm³/mol. The summed E-state index contributed by atoms with van der Waals surface area (Å²) in [5.41, 5.74) is 4.17. The molecule has 1 heterocycles. The molecule has 0 atom stereocenters. The Balaban J connectivity index is 1.97. The Hall–Kier alpha value is -1.64. The Kier molecular flexibility index (Phi) is 4.37. The van der Waals surface area contributed by atoms with E-state index >= 15 is 0 Å². The molecule has 2 aromatic carbocycles. The molecule has 0 saturated carbocycles. The molecular formula is C18H13BrClN. The van der Waals surface area contributed by atoms with Crippen LogP contribution in [0, 0.1) is 0 Å². The molecule has 3 rings (SSSR count). The van der Waals surface area contributed by atoms with Gasteiger partial charge in [-0.2, -0.15) is 0 Å². The van der Waals surface area contributed by atoms with Crippen LogP contribution in [0.15, 0.2) is 71.2 Å². The second kappa shape index (κ2) is 6.42. The first-order valence-corrected chi connectivity index (χ1v) is 7.85. The first-order chi connectivity index (χ1) is 10.2. The molecule has 0 aliphatic heterocycles. The normalized spacial score (nSPS) is 10.6. The third-order valence-corrected chi connectivity index (χ3v) is 4.22. The first kappa shape index (κ1) is 14.3. The fraction of sp³-hybridized carbons (Fsp3) is 0.0556. The van der Waals surface area contributed by atoms with Gasteiger partial charge in [0, 0.05) is 16.5 Å². The van der Waals surface area contributed by atoms with E-state index in [1.807, 2.05) is 48.5 Å². The van der Waals surface area contributed by atoms with Crippen molar-refractivity contribution >= 4 is 27.5 Å². The monoisotopic (exact) mass is 357 g/mol. The minimum absolute atomic E-state index is 0.556. The van der Waals surface area contributed by atoms with Crippen molar-refractivity contribution in [3.8, 4) is 11.3 Å². The molecule has 1 nitrogen and oxygen atoms in total. The highest BCUT2D eigenvalue weighted by Crippen LogP contribution is 2.31. The molecule has 0 unspecified atom stereocenters. The van der Waals surface area contributed by atoms with Gasteiger partial charge in [-0.1, -0.05) is 72.3 Å². The first-order valence-electron chi connectivity index (χ1n) is 6.68. The zero-order valence-electron chi connectivity index (χ0n) is 11.3. The van der Waals surface area contributed by atoms with E-state index in [1.165, 1.54) is 5.56 Å². The number of nitrogens with zero attached hydrogens (tertiary/aromatic N) is 1. The summed E-state index contributed by atoms with van der Waals surface area (Å²) >= 11 is 9.98. The van der Waals surface area contributed by atoms with Gasteiger partial charge in [0.25, 0.3) is 0 Å². The summed E-state index contributed by atoms with van der Waals surface area (Å²) in [7, 11) is 0. The van der Waals surface area contributed by atoms with E-state index in [9.17, 15) is 0 Å². The van der Waals surface area contributed by atoms with Crippen molar-refractivity contribution in [1.82, 2.24) is 4.98 Å². The van der Waals surface area contributed by atoms with Crippen LogP contribution in [-0.2, 0) is 6.42 Å². The van der Waals surface area contributed by atoms with Gasteiger partial charge in [0.1, 0.15) is 5.15 Å². The van der Waals surface area contributed by atoms with E-state index in [4.69, 9.17) is 11.6 Å². The van der Waals surface area contributed by atoms with Crippen LogP contribution in [0.2, 0.25) is 5.15 Å². The van der Waals surface area contributed by atoms with Crippen molar-refractivity contribution in [3.63, 3.8) is 0 Å². The highest BCUT2D eigenvalue weighted by molar-refractivity contribution is 9.10. The van der Waals surface area contributed by atoms with E-state index in [1.54, 1.807) is 0 Å². The lowest BCUT2D eigenvalue weighted by molar-refractivity contribution is 1.14. The molecule has 0 radical (unpaired) electrons. The van der Waals surface area contributed by atoms with Crippen LogP contribution in [0.3, 0.4) is 0 Å². The highest BCUT2D eigenvalue weighted by Gasteiger charge is 2.11. The lowest BCUT2D eigenvalue weighted by atomic mass is 10.1. The van der Waals surface area contributed by atoms with Gasteiger partial charge in [-0.15, -0.1) is 0 Å². The van der Waals surface area contributed by atoms with Crippen LogP contribution in [0.4, 0.5) is 0 Å². The number of hydrogen-bond acceptors (Lipinski definition) is 1.